The van der Waals surface area contributed by atoms with E-state index < -0.39 is 0 Å². The summed E-state index contributed by atoms with van der Waals surface area (Å²) in [5.41, 5.74) is 4.61. The molecule has 2 aromatic heterocycles. The highest BCUT2D eigenvalue weighted by Gasteiger charge is 2.11. The Morgan fingerprint density at radius 3 is 2.55 bits per heavy atom. The SMILES string of the molecule is O=C(N/N=C\c1ccc(-c2ccc(Cl)c(Cl)c2)o1)c1ccccc1-n1cccc1. The number of aromatic nitrogens is 1. The van der Waals surface area contributed by atoms with E-state index in [2.05, 4.69) is 10.5 Å². The van der Waals surface area contributed by atoms with Crippen molar-refractivity contribution < 1.29 is 9.21 Å². The Morgan fingerprint density at radius 2 is 1.76 bits per heavy atom. The number of nitrogens with one attached hydrogen (secondary N) is 1. The van der Waals surface area contributed by atoms with Crippen molar-refractivity contribution in [1.29, 1.82) is 0 Å². The number of hydrogen-bond acceptors (Lipinski definition) is 3. The van der Waals surface area contributed by atoms with Gasteiger partial charge in [-0.25, -0.2) is 5.43 Å². The van der Waals surface area contributed by atoms with Gasteiger partial charge in [-0.05, 0) is 54.6 Å². The van der Waals surface area contributed by atoms with Crippen LogP contribution in [0, 0.1) is 0 Å². The lowest BCUT2D eigenvalue weighted by molar-refractivity contribution is 0.0955. The minimum atomic E-state index is -0.318. The molecule has 5 nitrogen and oxygen atoms in total. The summed E-state index contributed by atoms with van der Waals surface area (Å²) in [6, 6.07) is 19.9. The normalized spacial score (nSPS) is 11.1. The van der Waals surface area contributed by atoms with Gasteiger partial charge in [-0.15, -0.1) is 0 Å². The summed E-state index contributed by atoms with van der Waals surface area (Å²) in [5, 5.41) is 4.93. The van der Waals surface area contributed by atoms with Crippen molar-refractivity contribution in [2.45, 2.75) is 0 Å². The van der Waals surface area contributed by atoms with Crippen LogP contribution in [0.3, 0.4) is 0 Å². The number of halogens is 2. The van der Waals surface area contributed by atoms with E-state index in [1.165, 1.54) is 6.21 Å². The predicted molar refractivity (Wildman–Crippen MR) is 115 cm³/mol. The lowest BCUT2D eigenvalue weighted by Gasteiger charge is -2.08. The van der Waals surface area contributed by atoms with Gasteiger partial charge in [0.05, 0.1) is 27.5 Å². The Bertz CT molecular complexity index is 1180. The zero-order chi connectivity index (χ0) is 20.2. The van der Waals surface area contributed by atoms with Crippen molar-refractivity contribution in [3.8, 4) is 17.0 Å². The number of para-hydroxylation sites is 1. The smallest absolute Gasteiger partial charge is 0.273 e. The molecule has 0 radical (unpaired) electrons. The Hall–Kier alpha value is -3.28. The quantitative estimate of drug-likeness (QED) is 0.325. The molecule has 0 atom stereocenters. The molecule has 2 aromatic carbocycles. The van der Waals surface area contributed by atoms with Crippen molar-refractivity contribution in [2.75, 3.05) is 0 Å². The van der Waals surface area contributed by atoms with Gasteiger partial charge in [0.15, 0.2) is 0 Å². The van der Waals surface area contributed by atoms with Gasteiger partial charge in [0, 0.05) is 18.0 Å². The molecule has 1 amide bonds. The van der Waals surface area contributed by atoms with Gasteiger partial charge in [-0.3, -0.25) is 4.79 Å². The number of furan rings is 1. The van der Waals surface area contributed by atoms with Gasteiger partial charge in [0.25, 0.3) is 5.91 Å². The molecule has 0 fully saturated rings. The molecule has 0 aliphatic carbocycles. The highest BCUT2D eigenvalue weighted by atomic mass is 35.5. The van der Waals surface area contributed by atoms with Crippen LogP contribution in [0.2, 0.25) is 10.0 Å². The average Bonchev–Trinajstić information content (AvgIpc) is 3.42. The summed E-state index contributed by atoms with van der Waals surface area (Å²) in [4.78, 5) is 12.6. The molecule has 0 aliphatic heterocycles. The molecule has 0 saturated carbocycles. The second kappa shape index (κ2) is 8.39. The topological polar surface area (TPSA) is 59.5 Å². The van der Waals surface area contributed by atoms with E-state index >= 15 is 0 Å². The van der Waals surface area contributed by atoms with Crippen molar-refractivity contribution in [3.05, 3.63) is 100 Å². The first kappa shape index (κ1) is 19.1. The Labute approximate surface area is 177 Å². The molecular weight excluding hydrogens is 409 g/mol. The van der Waals surface area contributed by atoms with Crippen molar-refractivity contribution in [3.63, 3.8) is 0 Å². The second-order valence-electron chi connectivity index (χ2n) is 6.14. The molecule has 0 saturated heterocycles. The molecule has 4 aromatic rings. The number of benzene rings is 2. The molecule has 2 heterocycles. The number of carbonyl (C=O) groups excluding carboxylic acids is 1. The summed E-state index contributed by atoms with van der Waals surface area (Å²) in [6.07, 6.45) is 5.20. The zero-order valence-corrected chi connectivity index (χ0v) is 16.6. The Morgan fingerprint density at radius 1 is 0.966 bits per heavy atom. The maximum atomic E-state index is 12.6. The molecule has 0 aliphatic rings. The minimum Gasteiger partial charge on any atom is -0.455 e. The highest BCUT2D eigenvalue weighted by molar-refractivity contribution is 6.42. The molecule has 4 rings (SSSR count). The molecule has 7 heteroatoms. The lowest BCUT2D eigenvalue weighted by Crippen LogP contribution is -2.19. The molecule has 144 valence electrons. The van der Waals surface area contributed by atoms with Gasteiger partial charge in [0.1, 0.15) is 11.5 Å². The Balaban J connectivity index is 1.47. The molecule has 0 unspecified atom stereocenters. The second-order valence-corrected chi connectivity index (χ2v) is 6.95. The first-order valence-electron chi connectivity index (χ1n) is 8.73. The maximum absolute atomic E-state index is 12.6. The number of rotatable bonds is 5. The lowest BCUT2D eigenvalue weighted by atomic mass is 10.1. The molecular formula is C22H15Cl2N3O2. The summed E-state index contributed by atoms with van der Waals surface area (Å²) in [5.74, 6) is 0.793. The molecule has 0 spiro atoms. The minimum absolute atomic E-state index is 0.318. The third-order valence-electron chi connectivity index (χ3n) is 4.22. The largest absolute Gasteiger partial charge is 0.455 e. The number of amides is 1. The van der Waals surface area contributed by atoms with Gasteiger partial charge >= 0.3 is 0 Å². The number of nitrogens with zero attached hydrogens (tertiary/aromatic N) is 2. The first-order valence-corrected chi connectivity index (χ1v) is 9.48. The molecule has 1 N–H and O–H groups in total. The monoisotopic (exact) mass is 423 g/mol. The van der Waals surface area contributed by atoms with Crippen LogP contribution in [0.25, 0.3) is 17.0 Å². The highest BCUT2D eigenvalue weighted by Crippen LogP contribution is 2.29. The van der Waals surface area contributed by atoms with Crippen LogP contribution < -0.4 is 5.43 Å². The van der Waals surface area contributed by atoms with Gasteiger partial charge in [-0.2, -0.15) is 5.10 Å². The van der Waals surface area contributed by atoms with Crippen LogP contribution in [0.4, 0.5) is 0 Å². The van der Waals surface area contributed by atoms with E-state index in [1.807, 2.05) is 53.4 Å². The van der Waals surface area contributed by atoms with E-state index in [-0.39, 0.29) is 5.91 Å². The summed E-state index contributed by atoms with van der Waals surface area (Å²) >= 11 is 12.0. The number of carbonyl (C=O) groups is 1. The van der Waals surface area contributed by atoms with E-state index in [0.29, 0.717) is 27.1 Å². The maximum Gasteiger partial charge on any atom is 0.273 e. The van der Waals surface area contributed by atoms with E-state index in [1.54, 1.807) is 30.3 Å². The van der Waals surface area contributed by atoms with E-state index in [0.717, 1.165) is 11.3 Å². The van der Waals surface area contributed by atoms with Crippen LogP contribution in [0.15, 0.2) is 88.6 Å². The van der Waals surface area contributed by atoms with Gasteiger partial charge < -0.3 is 8.98 Å². The van der Waals surface area contributed by atoms with Crippen molar-refractivity contribution >= 4 is 35.3 Å². The van der Waals surface area contributed by atoms with Crippen LogP contribution >= 0.6 is 23.2 Å². The fourth-order valence-corrected chi connectivity index (χ4v) is 3.13. The molecule has 29 heavy (non-hydrogen) atoms. The van der Waals surface area contributed by atoms with Crippen molar-refractivity contribution in [2.24, 2.45) is 5.10 Å². The fourth-order valence-electron chi connectivity index (χ4n) is 2.83. The molecule has 0 bridgehead atoms. The fraction of sp³-hybridized carbons (Fsp3) is 0. The third kappa shape index (κ3) is 4.26. The van der Waals surface area contributed by atoms with Crippen LogP contribution in [-0.4, -0.2) is 16.7 Å². The number of hydrazone groups is 1. The summed E-state index contributed by atoms with van der Waals surface area (Å²) < 4.78 is 7.60. The third-order valence-corrected chi connectivity index (χ3v) is 4.96. The van der Waals surface area contributed by atoms with Crippen LogP contribution in [-0.2, 0) is 0 Å². The summed E-state index contributed by atoms with van der Waals surface area (Å²) in [7, 11) is 0. The van der Waals surface area contributed by atoms with Crippen LogP contribution in [0.5, 0.6) is 0 Å². The zero-order valence-electron chi connectivity index (χ0n) is 15.0. The Kier molecular flexibility index (Phi) is 5.51. The predicted octanol–water partition coefficient (Wildman–Crippen LogP) is 5.81. The standard InChI is InChI=1S/C22H15Cl2N3O2/c23-18-9-7-15(13-19(18)24)21-10-8-16(29-21)14-25-26-22(28)17-5-1-2-6-20(17)27-11-3-4-12-27/h1-14H,(H,26,28)/b25-14-. The van der Waals surface area contributed by atoms with E-state index in [9.17, 15) is 4.79 Å². The van der Waals surface area contributed by atoms with Crippen molar-refractivity contribution in [1.82, 2.24) is 9.99 Å². The summed E-state index contributed by atoms with van der Waals surface area (Å²) in [6.45, 7) is 0. The van der Waals surface area contributed by atoms with Gasteiger partial charge in [-0.1, -0.05) is 35.3 Å². The van der Waals surface area contributed by atoms with E-state index in [4.69, 9.17) is 27.6 Å². The number of hydrogen-bond donors (Lipinski definition) is 1. The van der Waals surface area contributed by atoms with Gasteiger partial charge in [0.2, 0.25) is 0 Å². The first-order chi connectivity index (χ1) is 14.1. The van der Waals surface area contributed by atoms with Crippen LogP contribution in [0.1, 0.15) is 16.1 Å². The average molecular weight is 424 g/mol.